The molecule has 2 aromatic carbocycles. The smallest absolute Gasteiger partial charge is 0.326 e. The zero-order valence-corrected chi connectivity index (χ0v) is 25.9. The molecule has 1 saturated carbocycles. The van der Waals surface area contributed by atoms with Crippen LogP contribution in [-0.2, 0) is 21.5 Å². The lowest BCUT2D eigenvalue weighted by molar-refractivity contribution is -0.157. The van der Waals surface area contributed by atoms with Gasteiger partial charge in [-0.3, -0.25) is 4.79 Å². The van der Waals surface area contributed by atoms with E-state index in [1.807, 2.05) is 63.2 Å². The standard InChI is InChI=1S/C34H46F2N2O4/c1-32(2,3)24-15-16-25(42-7)23(18-24)20-37-27-26(33(4,5)6)29(31(40)41)38(28(27)21-12-9-8-10-13-21)30(39)22-14-11-17-34(35,36)19-22/h8-10,12-13,15-16,18,22,26-29,37H,11,14,17,19-20H2,1-7H3,(H,40,41)/t22-,26-,27-,28-,29-/m0/s1. The molecule has 5 atom stereocenters. The Hall–Kier alpha value is -3.00. The number of rotatable bonds is 7. The summed E-state index contributed by atoms with van der Waals surface area (Å²) in [5.74, 6) is -5.28. The number of methoxy groups -OCH3 is 1. The molecule has 0 radical (unpaired) electrons. The zero-order valence-electron chi connectivity index (χ0n) is 25.9. The number of hydrogen-bond acceptors (Lipinski definition) is 4. The van der Waals surface area contributed by atoms with Crippen molar-refractivity contribution in [1.82, 2.24) is 10.2 Å². The van der Waals surface area contributed by atoms with Crippen molar-refractivity contribution in [3.05, 3.63) is 65.2 Å². The first-order chi connectivity index (χ1) is 19.5. The van der Waals surface area contributed by atoms with E-state index >= 15 is 0 Å². The molecule has 2 fully saturated rings. The van der Waals surface area contributed by atoms with Gasteiger partial charge in [0.1, 0.15) is 11.8 Å². The van der Waals surface area contributed by atoms with E-state index in [4.69, 9.17) is 4.74 Å². The van der Waals surface area contributed by atoms with E-state index in [0.717, 1.165) is 16.7 Å². The number of carbonyl (C=O) groups excluding carboxylic acids is 1. The quantitative estimate of drug-likeness (QED) is 0.367. The van der Waals surface area contributed by atoms with Crippen molar-refractivity contribution in [3.8, 4) is 5.75 Å². The van der Waals surface area contributed by atoms with Crippen LogP contribution < -0.4 is 10.1 Å². The summed E-state index contributed by atoms with van der Waals surface area (Å²) in [4.78, 5) is 28.7. The molecule has 230 valence electrons. The summed E-state index contributed by atoms with van der Waals surface area (Å²) in [6, 6.07) is 13.2. The number of ether oxygens (including phenoxy) is 1. The van der Waals surface area contributed by atoms with Gasteiger partial charge in [0.25, 0.3) is 0 Å². The summed E-state index contributed by atoms with van der Waals surface area (Å²) in [6.45, 7) is 12.7. The molecule has 4 rings (SSSR count). The molecule has 6 nitrogen and oxygen atoms in total. The monoisotopic (exact) mass is 584 g/mol. The summed E-state index contributed by atoms with van der Waals surface area (Å²) < 4.78 is 34.7. The Morgan fingerprint density at radius 3 is 2.29 bits per heavy atom. The van der Waals surface area contributed by atoms with Crippen LogP contribution >= 0.6 is 0 Å². The van der Waals surface area contributed by atoms with Crippen molar-refractivity contribution in [3.63, 3.8) is 0 Å². The SMILES string of the molecule is COc1ccc(C(C)(C)C)cc1CN[C@H]1[C@H](C(C)(C)C)[C@@H](C(=O)O)N(C(=O)[C@H]2CCCC(F)(F)C2)[C@H]1c1ccccc1. The minimum Gasteiger partial charge on any atom is -0.496 e. The van der Waals surface area contributed by atoms with Crippen molar-refractivity contribution < 1.29 is 28.2 Å². The lowest BCUT2D eigenvalue weighted by Crippen LogP contribution is -2.50. The van der Waals surface area contributed by atoms with E-state index in [0.29, 0.717) is 18.7 Å². The zero-order chi connectivity index (χ0) is 31.0. The van der Waals surface area contributed by atoms with Gasteiger partial charge in [-0.05, 0) is 40.9 Å². The third kappa shape index (κ3) is 6.64. The maximum atomic E-state index is 14.5. The predicted molar refractivity (Wildman–Crippen MR) is 160 cm³/mol. The molecule has 1 amide bonds. The summed E-state index contributed by atoms with van der Waals surface area (Å²) in [5.41, 5.74) is 2.22. The van der Waals surface area contributed by atoms with Crippen LogP contribution in [-0.4, -0.2) is 47.0 Å². The molecule has 1 aliphatic carbocycles. The highest BCUT2D eigenvalue weighted by molar-refractivity contribution is 5.87. The van der Waals surface area contributed by atoms with Crippen molar-refractivity contribution in [1.29, 1.82) is 0 Å². The number of likely N-dealkylation sites (tertiary alicyclic amines) is 1. The second-order valence-electron chi connectivity index (χ2n) is 14.1. The first-order valence-electron chi connectivity index (χ1n) is 14.9. The fourth-order valence-electron chi connectivity index (χ4n) is 6.93. The number of carboxylic acid groups (broad SMARTS) is 1. The number of aliphatic carboxylic acids is 1. The van der Waals surface area contributed by atoms with Gasteiger partial charge >= 0.3 is 5.97 Å². The van der Waals surface area contributed by atoms with Crippen LogP contribution in [0.4, 0.5) is 8.78 Å². The highest BCUT2D eigenvalue weighted by Gasteiger charge is 2.59. The maximum absolute atomic E-state index is 14.5. The van der Waals surface area contributed by atoms with Crippen LogP contribution in [0.15, 0.2) is 48.5 Å². The van der Waals surface area contributed by atoms with E-state index in [9.17, 15) is 23.5 Å². The molecule has 1 heterocycles. The van der Waals surface area contributed by atoms with Crippen LogP contribution in [0.1, 0.15) is 90.0 Å². The van der Waals surface area contributed by atoms with Crippen LogP contribution in [0.3, 0.4) is 0 Å². The van der Waals surface area contributed by atoms with Crippen LogP contribution in [0.25, 0.3) is 0 Å². The summed E-state index contributed by atoms with van der Waals surface area (Å²) >= 11 is 0. The number of benzene rings is 2. The second kappa shape index (κ2) is 11.9. The van der Waals surface area contributed by atoms with Gasteiger partial charge in [0.2, 0.25) is 11.8 Å². The molecule has 0 aromatic heterocycles. The lowest BCUT2D eigenvalue weighted by atomic mass is 9.72. The molecule has 0 spiro atoms. The topological polar surface area (TPSA) is 78.9 Å². The summed E-state index contributed by atoms with van der Waals surface area (Å²) in [6.07, 6.45) is -0.232. The van der Waals surface area contributed by atoms with Gasteiger partial charge in [0.15, 0.2) is 0 Å². The Morgan fingerprint density at radius 1 is 1.07 bits per heavy atom. The molecule has 1 aliphatic heterocycles. The molecule has 2 aromatic rings. The predicted octanol–water partition coefficient (Wildman–Crippen LogP) is 6.98. The fourth-order valence-corrected chi connectivity index (χ4v) is 6.93. The van der Waals surface area contributed by atoms with Gasteiger partial charge in [-0.2, -0.15) is 0 Å². The molecule has 2 aliphatic rings. The van der Waals surface area contributed by atoms with E-state index in [1.165, 1.54) is 4.90 Å². The van der Waals surface area contributed by atoms with Gasteiger partial charge in [-0.1, -0.05) is 84.0 Å². The van der Waals surface area contributed by atoms with Crippen molar-refractivity contribution >= 4 is 11.9 Å². The Balaban J connectivity index is 1.82. The van der Waals surface area contributed by atoms with Gasteiger partial charge in [0.05, 0.1) is 13.2 Å². The summed E-state index contributed by atoms with van der Waals surface area (Å²) in [5, 5.41) is 14.3. The second-order valence-corrected chi connectivity index (χ2v) is 14.1. The average molecular weight is 585 g/mol. The lowest BCUT2D eigenvalue weighted by Gasteiger charge is -2.37. The van der Waals surface area contributed by atoms with Crippen molar-refractivity contribution in [2.75, 3.05) is 7.11 Å². The van der Waals surface area contributed by atoms with E-state index in [1.54, 1.807) is 7.11 Å². The largest absolute Gasteiger partial charge is 0.496 e. The molecule has 8 heteroatoms. The molecular formula is C34H46F2N2O4. The number of alkyl halides is 2. The fraction of sp³-hybridized carbons (Fsp3) is 0.588. The molecule has 1 saturated heterocycles. The highest BCUT2D eigenvalue weighted by Crippen LogP contribution is 2.50. The maximum Gasteiger partial charge on any atom is 0.326 e. The minimum absolute atomic E-state index is 0.0887. The Morgan fingerprint density at radius 2 is 1.74 bits per heavy atom. The normalized spacial score (nSPS) is 26.2. The first-order valence-corrected chi connectivity index (χ1v) is 14.9. The molecule has 2 N–H and O–H groups in total. The molecule has 42 heavy (non-hydrogen) atoms. The van der Waals surface area contributed by atoms with Gasteiger partial charge in [0, 0.05) is 42.8 Å². The number of amides is 1. The molecule has 0 unspecified atom stereocenters. The van der Waals surface area contributed by atoms with Gasteiger partial charge < -0.3 is 20.1 Å². The third-order valence-electron chi connectivity index (χ3n) is 8.98. The van der Waals surface area contributed by atoms with Gasteiger partial charge in [-0.25, -0.2) is 13.6 Å². The number of carbonyl (C=O) groups is 2. The van der Waals surface area contributed by atoms with E-state index in [-0.39, 0.29) is 18.3 Å². The van der Waals surface area contributed by atoms with Crippen LogP contribution in [0, 0.1) is 17.3 Å². The minimum atomic E-state index is -2.94. The Labute approximate surface area is 248 Å². The summed E-state index contributed by atoms with van der Waals surface area (Å²) in [7, 11) is 1.62. The van der Waals surface area contributed by atoms with Crippen molar-refractivity contribution in [2.45, 2.75) is 103 Å². The molecule has 0 bridgehead atoms. The molecular weight excluding hydrogens is 538 g/mol. The van der Waals surface area contributed by atoms with Crippen LogP contribution in [0.5, 0.6) is 5.75 Å². The average Bonchev–Trinajstić information content (AvgIpc) is 3.26. The van der Waals surface area contributed by atoms with Crippen molar-refractivity contribution in [2.24, 2.45) is 17.3 Å². The highest BCUT2D eigenvalue weighted by atomic mass is 19.3. The van der Waals surface area contributed by atoms with Gasteiger partial charge in [-0.15, -0.1) is 0 Å². The number of nitrogens with one attached hydrogen (secondary N) is 1. The number of nitrogens with zero attached hydrogens (tertiary/aromatic N) is 1. The number of hydrogen-bond donors (Lipinski definition) is 2. The van der Waals surface area contributed by atoms with Crippen LogP contribution in [0.2, 0.25) is 0 Å². The Kier molecular flexibility index (Phi) is 9.08. The number of halogens is 2. The Bertz CT molecular complexity index is 1270. The van der Waals surface area contributed by atoms with E-state index < -0.39 is 59.6 Å². The number of carboxylic acids is 1. The third-order valence-corrected chi connectivity index (χ3v) is 8.98. The van der Waals surface area contributed by atoms with E-state index in [2.05, 4.69) is 32.2 Å². The first kappa shape index (κ1) is 31.9.